The maximum atomic E-state index is 12.0. The van der Waals surface area contributed by atoms with Gasteiger partial charge in [0.15, 0.2) is 5.11 Å². The molecule has 37 heavy (non-hydrogen) atoms. The van der Waals surface area contributed by atoms with Crippen molar-refractivity contribution in [2.75, 3.05) is 23.9 Å². The number of hydrogen-bond donors (Lipinski definition) is 2. The van der Waals surface area contributed by atoms with Crippen molar-refractivity contribution in [1.82, 2.24) is 14.9 Å². The number of thiocarbonyl (C=S) groups is 1. The van der Waals surface area contributed by atoms with Crippen molar-refractivity contribution in [3.8, 4) is 0 Å². The molecule has 1 saturated heterocycles. The van der Waals surface area contributed by atoms with E-state index in [-0.39, 0.29) is 24.6 Å². The first-order valence-electron chi connectivity index (χ1n) is 13.1. The van der Waals surface area contributed by atoms with Crippen LogP contribution in [0.25, 0.3) is 0 Å². The van der Waals surface area contributed by atoms with Crippen LogP contribution >= 0.6 is 12.2 Å². The van der Waals surface area contributed by atoms with Crippen LogP contribution in [-0.2, 0) is 9.53 Å². The lowest BCUT2D eigenvalue weighted by molar-refractivity contribution is -0.119. The Kier molecular flexibility index (Phi) is 7.58. The Morgan fingerprint density at radius 2 is 1.89 bits per heavy atom. The van der Waals surface area contributed by atoms with Crippen LogP contribution in [0.5, 0.6) is 0 Å². The molecule has 8 heteroatoms. The molecule has 0 spiro atoms. The molecule has 7 nitrogen and oxygen atoms in total. The number of hydrogen-bond acceptors (Lipinski definition) is 4. The number of aromatic nitrogens is 2. The normalized spacial score (nSPS) is 20.2. The smallest absolute Gasteiger partial charge is 0.250 e. The van der Waals surface area contributed by atoms with Crippen LogP contribution in [0.4, 0.5) is 11.4 Å². The van der Waals surface area contributed by atoms with Gasteiger partial charge in [0.1, 0.15) is 6.61 Å². The molecule has 5 rings (SSSR count). The number of aryl methyl sites for hydroxylation is 1. The second-order valence-electron chi connectivity index (χ2n) is 10.0. The molecule has 3 heterocycles. The van der Waals surface area contributed by atoms with Crippen molar-refractivity contribution in [3.05, 3.63) is 77.4 Å². The average Bonchev–Trinajstić information content (AvgIpc) is 3.40. The Balaban J connectivity index is 1.54. The van der Waals surface area contributed by atoms with Gasteiger partial charge in [0.05, 0.1) is 17.8 Å². The zero-order valence-electron chi connectivity index (χ0n) is 21.7. The minimum atomic E-state index is -0.183. The van der Waals surface area contributed by atoms with Crippen molar-refractivity contribution in [3.63, 3.8) is 0 Å². The monoisotopic (exact) mass is 517 g/mol. The first kappa shape index (κ1) is 25.4. The van der Waals surface area contributed by atoms with Crippen LogP contribution in [0.3, 0.4) is 0 Å². The number of anilines is 2. The van der Waals surface area contributed by atoms with Gasteiger partial charge in [-0.05, 0) is 86.9 Å². The van der Waals surface area contributed by atoms with Crippen LogP contribution in [-0.4, -0.2) is 34.3 Å². The Hall–Kier alpha value is -3.23. The zero-order chi connectivity index (χ0) is 25.9. The SMILES string of the molecule is COCC(=O)Nc1ccc(N2C(=S)N[C@H](c3ccccn3)[C@H]2c2cc(C)n(C3CCCCC3)c2C)cc1. The molecule has 0 radical (unpaired) electrons. The molecule has 2 atom stereocenters. The number of ether oxygens (including phenoxy) is 1. The average molecular weight is 518 g/mol. The van der Waals surface area contributed by atoms with E-state index in [0.717, 1.165) is 17.1 Å². The molecule has 1 aliphatic carbocycles. The van der Waals surface area contributed by atoms with Gasteiger partial charge in [-0.25, -0.2) is 0 Å². The summed E-state index contributed by atoms with van der Waals surface area (Å²) in [6.45, 7) is 4.50. The fraction of sp³-hybridized carbons (Fsp3) is 0.414. The van der Waals surface area contributed by atoms with E-state index < -0.39 is 0 Å². The van der Waals surface area contributed by atoms with E-state index in [1.807, 2.05) is 42.6 Å². The number of rotatable bonds is 7. The summed E-state index contributed by atoms with van der Waals surface area (Å²) in [6.07, 6.45) is 8.23. The van der Waals surface area contributed by atoms with Crippen molar-refractivity contribution in [1.29, 1.82) is 0 Å². The number of nitrogens with one attached hydrogen (secondary N) is 2. The first-order valence-corrected chi connectivity index (χ1v) is 13.5. The Bertz CT molecular complexity index is 1250. The standard InChI is InChI=1S/C29H35N5O2S/c1-19-17-24(20(2)33(19)22-9-5-4-6-10-22)28-27(25-11-7-8-16-30-25)32-29(37)34(28)23-14-12-21(13-15-23)31-26(35)18-36-3/h7-8,11-17,22,27-28H,4-6,9-10,18H2,1-3H3,(H,31,35)(H,32,37)/t27-,28-/m1/s1. The third-order valence-electron chi connectivity index (χ3n) is 7.58. The van der Waals surface area contributed by atoms with Crippen molar-refractivity contribution in [2.24, 2.45) is 0 Å². The van der Waals surface area contributed by atoms with Gasteiger partial charge in [-0.3, -0.25) is 9.78 Å². The van der Waals surface area contributed by atoms with Crippen LogP contribution in [0, 0.1) is 13.8 Å². The van der Waals surface area contributed by atoms with Gasteiger partial charge < -0.3 is 24.8 Å². The van der Waals surface area contributed by atoms with Gasteiger partial charge in [0, 0.05) is 42.1 Å². The lowest BCUT2D eigenvalue weighted by Crippen LogP contribution is -2.29. The van der Waals surface area contributed by atoms with Gasteiger partial charge in [-0.15, -0.1) is 0 Å². The molecule has 0 unspecified atom stereocenters. The van der Waals surface area contributed by atoms with Crippen molar-refractivity contribution in [2.45, 2.75) is 64.1 Å². The number of benzene rings is 1. The lowest BCUT2D eigenvalue weighted by atomic mass is 9.94. The quantitative estimate of drug-likeness (QED) is 0.388. The molecule has 1 aliphatic heterocycles. The molecule has 194 valence electrons. The van der Waals surface area contributed by atoms with E-state index >= 15 is 0 Å². The van der Waals surface area contributed by atoms with Crippen molar-refractivity contribution < 1.29 is 9.53 Å². The van der Waals surface area contributed by atoms with Gasteiger partial charge in [0.2, 0.25) is 5.91 Å². The molecule has 0 bridgehead atoms. The maximum Gasteiger partial charge on any atom is 0.250 e. The highest BCUT2D eigenvalue weighted by atomic mass is 32.1. The number of nitrogens with zero attached hydrogens (tertiary/aromatic N) is 3. The van der Waals surface area contributed by atoms with Gasteiger partial charge >= 0.3 is 0 Å². The number of pyridine rings is 1. The summed E-state index contributed by atoms with van der Waals surface area (Å²) in [7, 11) is 1.51. The number of methoxy groups -OCH3 is 1. The molecule has 1 amide bonds. The Morgan fingerprint density at radius 1 is 1.14 bits per heavy atom. The largest absolute Gasteiger partial charge is 0.375 e. The van der Waals surface area contributed by atoms with E-state index in [2.05, 4.69) is 46.1 Å². The summed E-state index contributed by atoms with van der Waals surface area (Å²) in [4.78, 5) is 18.9. The highest BCUT2D eigenvalue weighted by Gasteiger charge is 2.42. The molecule has 2 N–H and O–H groups in total. The molecule has 2 fully saturated rings. The predicted octanol–water partition coefficient (Wildman–Crippen LogP) is 5.77. The predicted molar refractivity (Wildman–Crippen MR) is 151 cm³/mol. The summed E-state index contributed by atoms with van der Waals surface area (Å²) in [5, 5.41) is 7.09. The molecule has 1 aromatic carbocycles. The number of amides is 1. The fourth-order valence-corrected chi connectivity index (χ4v) is 6.33. The third-order valence-corrected chi connectivity index (χ3v) is 7.90. The maximum absolute atomic E-state index is 12.0. The summed E-state index contributed by atoms with van der Waals surface area (Å²) in [5.41, 5.74) is 6.51. The van der Waals surface area contributed by atoms with Crippen LogP contribution in [0.1, 0.15) is 72.9 Å². The van der Waals surface area contributed by atoms with E-state index in [1.165, 1.54) is 56.2 Å². The molecule has 3 aromatic rings. The van der Waals surface area contributed by atoms with E-state index in [1.54, 1.807) is 0 Å². The van der Waals surface area contributed by atoms with Crippen molar-refractivity contribution >= 4 is 34.6 Å². The fourth-order valence-electron chi connectivity index (χ4n) is 5.99. The topological polar surface area (TPSA) is 71.4 Å². The molecule has 2 aliphatic rings. The number of carbonyl (C=O) groups is 1. The Labute approximate surface area is 224 Å². The summed E-state index contributed by atoms with van der Waals surface area (Å²) in [6, 6.07) is 16.6. The van der Waals surface area contributed by atoms with Gasteiger partial charge in [-0.2, -0.15) is 0 Å². The molecular formula is C29H35N5O2S. The minimum absolute atomic E-state index is 0.0202. The summed E-state index contributed by atoms with van der Waals surface area (Å²) >= 11 is 5.92. The van der Waals surface area contributed by atoms with E-state index in [0.29, 0.717) is 11.2 Å². The second kappa shape index (κ2) is 11.0. The van der Waals surface area contributed by atoms with E-state index in [4.69, 9.17) is 21.9 Å². The highest BCUT2D eigenvalue weighted by molar-refractivity contribution is 7.80. The lowest BCUT2D eigenvalue weighted by Gasteiger charge is -2.30. The number of carbonyl (C=O) groups excluding carboxylic acids is 1. The van der Waals surface area contributed by atoms with E-state index in [9.17, 15) is 4.79 Å². The summed E-state index contributed by atoms with van der Waals surface area (Å²) < 4.78 is 7.48. The van der Waals surface area contributed by atoms with Crippen LogP contribution in [0.2, 0.25) is 0 Å². The molecular weight excluding hydrogens is 482 g/mol. The second-order valence-corrected chi connectivity index (χ2v) is 10.4. The van der Waals surface area contributed by atoms with Crippen LogP contribution < -0.4 is 15.5 Å². The first-order chi connectivity index (χ1) is 18.0. The Morgan fingerprint density at radius 3 is 2.57 bits per heavy atom. The molecule has 1 saturated carbocycles. The third kappa shape index (κ3) is 5.13. The zero-order valence-corrected chi connectivity index (χ0v) is 22.6. The highest BCUT2D eigenvalue weighted by Crippen LogP contribution is 2.44. The van der Waals surface area contributed by atoms with Gasteiger partial charge in [-0.1, -0.05) is 25.3 Å². The minimum Gasteiger partial charge on any atom is -0.375 e. The van der Waals surface area contributed by atoms with Gasteiger partial charge in [0.25, 0.3) is 0 Å². The molecule has 2 aromatic heterocycles. The summed E-state index contributed by atoms with van der Waals surface area (Å²) in [5.74, 6) is -0.183. The van der Waals surface area contributed by atoms with Crippen LogP contribution in [0.15, 0.2) is 54.7 Å².